The molecule has 0 bridgehead atoms. The predicted octanol–water partition coefficient (Wildman–Crippen LogP) is 4.11. The largest absolute Gasteiger partial charge is 0.490 e. The molecular formula is C17H17ClFNO. The Balaban J connectivity index is 2.01. The summed E-state index contributed by atoms with van der Waals surface area (Å²) in [6.45, 7) is 2.05. The fourth-order valence-electron chi connectivity index (χ4n) is 2.87. The monoisotopic (exact) mass is 305 g/mol. The molecule has 21 heavy (non-hydrogen) atoms. The number of hydrogen-bond donors (Lipinski definition) is 1. The van der Waals surface area contributed by atoms with E-state index in [0.29, 0.717) is 5.56 Å². The van der Waals surface area contributed by atoms with Gasteiger partial charge in [-0.05, 0) is 37.2 Å². The number of ether oxygens (including phenoxy) is 1. The van der Waals surface area contributed by atoms with Crippen LogP contribution in [0.25, 0.3) is 0 Å². The van der Waals surface area contributed by atoms with Crippen molar-refractivity contribution in [3.8, 4) is 5.75 Å². The first-order valence-corrected chi connectivity index (χ1v) is 7.38. The maximum atomic E-state index is 14.3. The van der Waals surface area contributed by atoms with E-state index in [9.17, 15) is 4.39 Å². The fraction of sp³-hybridized carbons (Fsp3) is 0.294. The summed E-state index contributed by atoms with van der Waals surface area (Å²) in [4.78, 5) is 0. The van der Waals surface area contributed by atoms with Gasteiger partial charge in [-0.15, -0.1) is 0 Å². The standard InChI is InChI=1S/C17H17ClFNO/c1-10-8-12-9-11(6-7-15(12)21-10)17(20-2)13-4-3-5-14(18)16(13)19/h3-7,9-10,17,20H,8H2,1-2H3. The zero-order valence-electron chi connectivity index (χ0n) is 12.0. The molecule has 2 unspecified atom stereocenters. The lowest BCUT2D eigenvalue weighted by atomic mass is 9.96. The summed E-state index contributed by atoms with van der Waals surface area (Å²) in [5.41, 5.74) is 2.73. The van der Waals surface area contributed by atoms with E-state index in [1.54, 1.807) is 18.2 Å². The molecule has 1 N–H and O–H groups in total. The van der Waals surface area contributed by atoms with Gasteiger partial charge >= 0.3 is 0 Å². The molecule has 0 saturated heterocycles. The molecule has 2 atom stereocenters. The molecule has 110 valence electrons. The van der Waals surface area contributed by atoms with Crippen molar-refractivity contribution in [2.75, 3.05) is 7.05 Å². The molecule has 0 aliphatic carbocycles. The number of hydrogen-bond acceptors (Lipinski definition) is 2. The van der Waals surface area contributed by atoms with E-state index < -0.39 is 0 Å². The van der Waals surface area contributed by atoms with Crippen molar-refractivity contribution in [3.05, 3.63) is 63.9 Å². The molecule has 0 saturated carbocycles. The molecule has 1 aliphatic heterocycles. The molecule has 0 aromatic heterocycles. The summed E-state index contributed by atoms with van der Waals surface area (Å²) in [6, 6.07) is 10.9. The number of halogens is 2. The van der Waals surface area contributed by atoms with Gasteiger partial charge in [0.1, 0.15) is 17.7 Å². The summed E-state index contributed by atoms with van der Waals surface area (Å²) in [5.74, 6) is 0.552. The third-order valence-electron chi connectivity index (χ3n) is 3.83. The van der Waals surface area contributed by atoms with Crippen molar-refractivity contribution in [3.63, 3.8) is 0 Å². The number of fused-ring (bicyclic) bond motifs is 1. The lowest BCUT2D eigenvalue weighted by Crippen LogP contribution is -2.19. The Kier molecular flexibility index (Phi) is 3.87. The van der Waals surface area contributed by atoms with E-state index in [0.717, 1.165) is 17.7 Å². The maximum absolute atomic E-state index is 14.3. The van der Waals surface area contributed by atoms with Gasteiger partial charge in [-0.3, -0.25) is 0 Å². The van der Waals surface area contributed by atoms with E-state index in [2.05, 4.69) is 11.4 Å². The van der Waals surface area contributed by atoms with E-state index in [-0.39, 0.29) is 23.0 Å². The maximum Gasteiger partial charge on any atom is 0.146 e. The molecule has 0 fully saturated rings. The highest BCUT2D eigenvalue weighted by Crippen LogP contribution is 2.34. The molecule has 0 spiro atoms. The van der Waals surface area contributed by atoms with Gasteiger partial charge < -0.3 is 10.1 Å². The van der Waals surface area contributed by atoms with Gasteiger partial charge in [0.15, 0.2) is 0 Å². The van der Waals surface area contributed by atoms with Gasteiger partial charge in [-0.1, -0.05) is 35.9 Å². The van der Waals surface area contributed by atoms with Gasteiger partial charge in [0.2, 0.25) is 0 Å². The van der Waals surface area contributed by atoms with E-state index in [1.165, 1.54) is 5.56 Å². The first kappa shape index (κ1) is 14.4. The van der Waals surface area contributed by atoms with Crippen molar-refractivity contribution in [1.82, 2.24) is 5.32 Å². The SMILES string of the molecule is CNC(c1ccc2c(c1)CC(C)O2)c1cccc(Cl)c1F. The minimum atomic E-state index is -0.372. The Morgan fingerprint density at radius 1 is 1.33 bits per heavy atom. The second kappa shape index (κ2) is 5.66. The van der Waals surface area contributed by atoms with Crippen molar-refractivity contribution >= 4 is 11.6 Å². The second-order valence-corrected chi connectivity index (χ2v) is 5.77. The zero-order chi connectivity index (χ0) is 15.0. The Morgan fingerprint density at radius 2 is 2.14 bits per heavy atom. The van der Waals surface area contributed by atoms with Crippen molar-refractivity contribution < 1.29 is 9.13 Å². The summed E-state index contributed by atoms with van der Waals surface area (Å²) in [7, 11) is 1.82. The highest BCUT2D eigenvalue weighted by atomic mass is 35.5. The summed E-state index contributed by atoms with van der Waals surface area (Å²) in [5, 5.41) is 3.31. The molecule has 2 aromatic rings. The Bertz CT molecular complexity index is 674. The zero-order valence-corrected chi connectivity index (χ0v) is 12.7. The molecule has 1 aliphatic rings. The van der Waals surface area contributed by atoms with E-state index in [4.69, 9.17) is 16.3 Å². The fourth-order valence-corrected chi connectivity index (χ4v) is 3.05. The van der Waals surface area contributed by atoms with Crippen LogP contribution in [0.2, 0.25) is 5.02 Å². The first-order valence-electron chi connectivity index (χ1n) is 7.01. The van der Waals surface area contributed by atoms with Gasteiger partial charge in [0.25, 0.3) is 0 Å². The lowest BCUT2D eigenvalue weighted by Gasteiger charge is -2.19. The predicted molar refractivity (Wildman–Crippen MR) is 82.5 cm³/mol. The van der Waals surface area contributed by atoms with Crippen molar-refractivity contribution in [2.24, 2.45) is 0 Å². The average molecular weight is 306 g/mol. The van der Waals surface area contributed by atoms with Gasteiger partial charge in [-0.25, -0.2) is 4.39 Å². The molecular weight excluding hydrogens is 289 g/mol. The summed E-state index contributed by atoms with van der Waals surface area (Å²) < 4.78 is 20.0. The highest BCUT2D eigenvalue weighted by Gasteiger charge is 2.23. The molecule has 4 heteroatoms. The average Bonchev–Trinajstić information content (AvgIpc) is 2.83. The summed E-state index contributed by atoms with van der Waals surface area (Å²) >= 11 is 5.89. The first-order chi connectivity index (χ1) is 10.1. The Labute approximate surface area is 128 Å². The topological polar surface area (TPSA) is 21.3 Å². The van der Waals surface area contributed by atoms with Gasteiger partial charge in [-0.2, -0.15) is 0 Å². The third-order valence-corrected chi connectivity index (χ3v) is 4.13. The number of nitrogens with one attached hydrogen (secondary N) is 1. The summed E-state index contributed by atoms with van der Waals surface area (Å²) in [6.07, 6.45) is 1.09. The van der Waals surface area contributed by atoms with E-state index in [1.807, 2.05) is 26.1 Å². The minimum absolute atomic E-state index is 0.144. The van der Waals surface area contributed by atoms with Crippen LogP contribution in [0.1, 0.15) is 29.7 Å². The minimum Gasteiger partial charge on any atom is -0.490 e. The van der Waals surface area contributed by atoms with Crippen LogP contribution in [-0.4, -0.2) is 13.2 Å². The lowest BCUT2D eigenvalue weighted by molar-refractivity contribution is 0.254. The van der Waals surface area contributed by atoms with Crippen molar-refractivity contribution in [1.29, 1.82) is 0 Å². The molecule has 0 radical (unpaired) electrons. The molecule has 0 amide bonds. The quantitative estimate of drug-likeness (QED) is 0.921. The Hall–Kier alpha value is -1.58. The highest BCUT2D eigenvalue weighted by molar-refractivity contribution is 6.30. The van der Waals surface area contributed by atoms with Gasteiger partial charge in [0, 0.05) is 12.0 Å². The van der Waals surface area contributed by atoms with E-state index >= 15 is 0 Å². The van der Waals surface area contributed by atoms with Crippen LogP contribution in [0.5, 0.6) is 5.75 Å². The van der Waals surface area contributed by atoms with Crippen LogP contribution in [0.3, 0.4) is 0 Å². The van der Waals surface area contributed by atoms with Crippen LogP contribution in [0.4, 0.5) is 4.39 Å². The Morgan fingerprint density at radius 3 is 2.90 bits per heavy atom. The molecule has 2 aromatic carbocycles. The van der Waals surface area contributed by atoms with Crippen LogP contribution >= 0.6 is 11.6 Å². The molecule has 2 nitrogen and oxygen atoms in total. The molecule has 1 heterocycles. The van der Waals surface area contributed by atoms with Crippen LogP contribution in [0, 0.1) is 5.82 Å². The number of rotatable bonds is 3. The van der Waals surface area contributed by atoms with Crippen LogP contribution in [0.15, 0.2) is 36.4 Å². The number of benzene rings is 2. The molecule has 3 rings (SSSR count). The van der Waals surface area contributed by atoms with Gasteiger partial charge in [0.05, 0.1) is 11.1 Å². The van der Waals surface area contributed by atoms with Crippen molar-refractivity contribution in [2.45, 2.75) is 25.5 Å². The third kappa shape index (κ3) is 2.63. The smallest absolute Gasteiger partial charge is 0.146 e. The van der Waals surface area contributed by atoms with Crippen LogP contribution < -0.4 is 10.1 Å². The van der Waals surface area contributed by atoms with Crippen LogP contribution in [-0.2, 0) is 6.42 Å². The second-order valence-electron chi connectivity index (χ2n) is 5.36. The normalized spacial score (nSPS) is 18.2.